The van der Waals surface area contributed by atoms with E-state index >= 15 is 0 Å². The van der Waals surface area contributed by atoms with Gasteiger partial charge in [0.1, 0.15) is 18.1 Å². The van der Waals surface area contributed by atoms with Crippen molar-refractivity contribution in [3.8, 4) is 23.0 Å². The first-order valence-corrected chi connectivity index (χ1v) is 11.2. The molecule has 174 valence electrons. The molecule has 0 aliphatic rings. The molecule has 5 heteroatoms. The van der Waals surface area contributed by atoms with E-state index in [4.69, 9.17) is 9.47 Å². The molecular weight excluding hydrogens is 414 g/mol. The predicted molar refractivity (Wildman–Crippen MR) is 134 cm³/mol. The van der Waals surface area contributed by atoms with Crippen LogP contribution in [0.2, 0.25) is 0 Å². The van der Waals surface area contributed by atoms with Crippen molar-refractivity contribution in [2.45, 2.75) is 19.8 Å². The lowest BCUT2D eigenvalue weighted by Crippen LogP contribution is -2.19. The number of allylic oxidation sites excluding steroid dienone is 1. The van der Waals surface area contributed by atoms with Gasteiger partial charge < -0.3 is 24.6 Å². The summed E-state index contributed by atoms with van der Waals surface area (Å²) in [5, 5.41) is 19.7. The highest BCUT2D eigenvalue weighted by Gasteiger charge is 2.16. The monoisotopic (exact) mass is 447 g/mol. The largest absolute Gasteiger partial charge is 0.508 e. The van der Waals surface area contributed by atoms with Crippen molar-refractivity contribution in [3.63, 3.8) is 0 Å². The molecule has 0 aliphatic carbocycles. The lowest BCUT2D eigenvalue weighted by Gasteiger charge is -2.19. The summed E-state index contributed by atoms with van der Waals surface area (Å²) in [6.07, 6.45) is 1.81. The number of hydrogen-bond acceptors (Lipinski definition) is 5. The quantitative estimate of drug-likeness (QED) is 0.384. The summed E-state index contributed by atoms with van der Waals surface area (Å²) in [5.41, 5.74) is 5.25. The molecule has 0 radical (unpaired) electrons. The van der Waals surface area contributed by atoms with E-state index in [1.165, 1.54) is 0 Å². The van der Waals surface area contributed by atoms with E-state index in [1.54, 1.807) is 31.4 Å². The topological polar surface area (TPSA) is 62.2 Å². The smallest absolute Gasteiger partial charge is 0.161 e. The van der Waals surface area contributed by atoms with Crippen molar-refractivity contribution in [2.75, 3.05) is 34.4 Å². The van der Waals surface area contributed by atoms with Crippen LogP contribution < -0.4 is 9.47 Å². The van der Waals surface area contributed by atoms with Crippen molar-refractivity contribution >= 4 is 11.1 Å². The highest BCUT2D eigenvalue weighted by Crippen LogP contribution is 2.39. The van der Waals surface area contributed by atoms with Crippen molar-refractivity contribution in [1.29, 1.82) is 0 Å². The van der Waals surface area contributed by atoms with Crippen LogP contribution in [0.3, 0.4) is 0 Å². The Bertz CT molecular complexity index is 1020. The molecule has 5 nitrogen and oxygen atoms in total. The molecule has 0 saturated carbocycles. The normalized spacial score (nSPS) is 10.8. The predicted octanol–water partition coefficient (Wildman–Crippen LogP) is 5.81. The van der Waals surface area contributed by atoms with Gasteiger partial charge in [-0.2, -0.15) is 0 Å². The summed E-state index contributed by atoms with van der Waals surface area (Å²) in [4.78, 5) is 2.07. The SMILES string of the molecule is CCCC(=C(c1ccc(O)cc1)c1ccc(O)cc1)c1ccc(OCCN(C)C)c(OC)c1. The Morgan fingerprint density at radius 1 is 0.788 bits per heavy atom. The number of hydrogen-bond donors (Lipinski definition) is 2. The number of phenols is 2. The molecule has 0 unspecified atom stereocenters. The van der Waals surface area contributed by atoms with Crippen LogP contribution in [0.5, 0.6) is 23.0 Å². The number of rotatable bonds is 10. The van der Waals surface area contributed by atoms with E-state index in [2.05, 4.69) is 17.9 Å². The summed E-state index contributed by atoms with van der Waals surface area (Å²) in [6, 6.07) is 20.5. The maximum Gasteiger partial charge on any atom is 0.161 e. The van der Waals surface area contributed by atoms with Crippen LogP contribution in [0, 0.1) is 0 Å². The minimum atomic E-state index is 0.224. The fourth-order valence-electron chi connectivity index (χ4n) is 3.75. The molecule has 0 spiro atoms. The summed E-state index contributed by atoms with van der Waals surface area (Å²) >= 11 is 0. The average Bonchev–Trinajstić information content (AvgIpc) is 2.81. The second-order valence-corrected chi connectivity index (χ2v) is 8.21. The fraction of sp³-hybridized carbons (Fsp3) is 0.286. The summed E-state index contributed by atoms with van der Waals surface area (Å²) in [7, 11) is 5.68. The van der Waals surface area contributed by atoms with Crippen LogP contribution in [0.1, 0.15) is 36.5 Å². The third-order valence-electron chi connectivity index (χ3n) is 5.42. The van der Waals surface area contributed by atoms with E-state index in [0.29, 0.717) is 12.4 Å². The zero-order chi connectivity index (χ0) is 23.8. The Morgan fingerprint density at radius 2 is 1.33 bits per heavy atom. The van der Waals surface area contributed by atoms with Crippen molar-refractivity contribution in [3.05, 3.63) is 83.4 Å². The van der Waals surface area contributed by atoms with Gasteiger partial charge in [0, 0.05) is 6.54 Å². The molecule has 2 N–H and O–H groups in total. The first-order chi connectivity index (χ1) is 15.9. The zero-order valence-electron chi connectivity index (χ0n) is 19.8. The first-order valence-electron chi connectivity index (χ1n) is 11.2. The van der Waals surface area contributed by atoms with Gasteiger partial charge in [0.25, 0.3) is 0 Å². The second-order valence-electron chi connectivity index (χ2n) is 8.21. The van der Waals surface area contributed by atoms with Gasteiger partial charge in [-0.15, -0.1) is 0 Å². The number of methoxy groups -OCH3 is 1. The number of phenolic OH excluding ortho intramolecular Hbond substituents is 2. The molecule has 33 heavy (non-hydrogen) atoms. The maximum atomic E-state index is 9.83. The third-order valence-corrected chi connectivity index (χ3v) is 5.42. The molecule has 0 aliphatic heterocycles. The minimum absolute atomic E-state index is 0.224. The lowest BCUT2D eigenvalue weighted by atomic mass is 9.87. The molecule has 0 amide bonds. The molecule has 0 fully saturated rings. The summed E-state index contributed by atoms with van der Waals surface area (Å²) < 4.78 is 11.6. The van der Waals surface area contributed by atoms with Crippen LogP contribution in [0.25, 0.3) is 11.1 Å². The molecule has 3 aromatic rings. The van der Waals surface area contributed by atoms with Crippen LogP contribution >= 0.6 is 0 Å². The van der Waals surface area contributed by atoms with E-state index in [1.807, 2.05) is 50.5 Å². The molecule has 3 rings (SSSR count). The highest BCUT2D eigenvalue weighted by molar-refractivity contribution is 5.99. The molecule has 0 bridgehead atoms. The number of ether oxygens (including phenoxy) is 2. The summed E-state index contributed by atoms with van der Waals surface area (Å²) in [6.45, 7) is 3.55. The molecule has 3 aromatic carbocycles. The third kappa shape index (κ3) is 6.30. The van der Waals surface area contributed by atoms with Gasteiger partial charge in [-0.25, -0.2) is 0 Å². The minimum Gasteiger partial charge on any atom is -0.508 e. The Morgan fingerprint density at radius 3 is 1.82 bits per heavy atom. The Kier molecular flexibility index (Phi) is 8.39. The van der Waals surface area contributed by atoms with Crippen molar-refractivity contribution in [2.24, 2.45) is 0 Å². The van der Waals surface area contributed by atoms with Crippen LogP contribution in [0.4, 0.5) is 0 Å². The van der Waals surface area contributed by atoms with Gasteiger partial charge in [0.2, 0.25) is 0 Å². The van der Waals surface area contributed by atoms with E-state index < -0.39 is 0 Å². The van der Waals surface area contributed by atoms with Crippen LogP contribution in [0.15, 0.2) is 66.7 Å². The van der Waals surface area contributed by atoms with Gasteiger partial charge in [-0.3, -0.25) is 0 Å². The van der Waals surface area contributed by atoms with Crippen LogP contribution in [-0.4, -0.2) is 49.5 Å². The fourth-order valence-corrected chi connectivity index (χ4v) is 3.75. The van der Waals surface area contributed by atoms with E-state index in [0.717, 1.165) is 53.0 Å². The second kappa shape index (κ2) is 11.4. The standard InChI is InChI=1S/C28H33NO4/c1-5-6-25(22-11-16-26(27(19-22)32-4)33-18-17-29(2)3)28(20-7-12-23(30)13-8-20)21-9-14-24(31)15-10-21/h7-16,19,30-31H,5-6,17-18H2,1-4H3. The molecule has 0 aromatic heterocycles. The van der Waals surface area contributed by atoms with E-state index in [-0.39, 0.29) is 11.5 Å². The van der Waals surface area contributed by atoms with Gasteiger partial charge in [0.05, 0.1) is 7.11 Å². The van der Waals surface area contributed by atoms with E-state index in [9.17, 15) is 10.2 Å². The van der Waals surface area contributed by atoms with Gasteiger partial charge in [0.15, 0.2) is 11.5 Å². The number of benzene rings is 3. The van der Waals surface area contributed by atoms with Gasteiger partial charge in [-0.1, -0.05) is 43.7 Å². The van der Waals surface area contributed by atoms with Gasteiger partial charge >= 0.3 is 0 Å². The molecule has 0 saturated heterocycles. The Hall–Kier alpha value is -3.44. The lowest BCUT2D eigenvalue weighted by molar-refractivity contribution is 0.250. The molecule has 0 heterocycles. The highest BCUT2D eigenvalue weighted by atomic mass is 16.5. The maximum absolute atomic E-state index is 9.83. The number of nitrogens with zero attached hydrogens (tertiary/aromatic N) is 1. The average molecular weight is 448 g/mol. The first kappa shape index (κ1) is 24.2. The Labute approximate surface area is 196 Å². The number of likely N-dealkylation sites (N-methyl/N-ethyl adjacent to an activating group) is 1. The van der Waals surface area contributed by atoms with Crippen molar-refractivity contribution in [1.82, 2.24) is 4.90 Å². The van der Waals surface area contributed by atoms with Crippen molar-refractivity contribution < 1.29 is 19.7 Å². The zero-order valence-corrected chi connectivity index (χ0v) is 19.8. The molecular formula is C28H33NO4. The Balaban J connectivity index is 2.14. The van der Waals surface area contributed by atoms with Gasteiger partial charge in [-0.05, 0) is 84.8 Å². The summed E-state index contributed by atoms with van der Waals surface area (Å²) in [5.74, 6) is 1.86. The van der Waals surface area contributed by atoms with Crippen LogP contribution in [-0.2, 0) is 0 Å². The molecule has 0 atom stereocenters. The number of aromatic hydroxyl groups is 2.